The number of hydrogen-bond donors (Lipinski definition) is 1. The van der Waals surface area contributed by atoms with Crippen LogP contribution in [0.5, 0.6) is 0 Å². The molecule has 0 bridgehead atoms. The predicted molar refractivity (Wildman–Crippen MR) is 87.1 cm³/mol. The van der Waals surface area contributed by atoms with Crippen LogP contribution in [0.3, 0.4) is 0 Å². The predicted octanol–water partition coefficient (Wildman–Crippen LogP) is 3.34. The number of rotatable bonds is 4. The fourth-order valence-corrected chi connectivity index (χ4v) is 4.14. The maximum absolute atomic E-state index is 11.1. The number of aromatic nitrogens is 1. The number of likely N-dealkylation sites (tertiary alicyclic amines) is 1. The van der Waals surface area contributed by atoms with E-state index in [-0.39, 0.29) is 12.0 Å². The molecule has 116 valence electrons. The van der Waals surface area contributed by atoms with Gasteiger partial charge in [-0.3, -0.25) is 14.7 Å². The van der Waals surface area contributed by atoms with Crippen LogP contribution < -0.4 is 0 Å². The minimum Gasteiger partial charge on any atom is -0.481 e. The molecule has 3 heterocycles. The highest BCUT2D eigenvalue weighted by Gasteiger charge is 2.30. The third-order valence-electron chi connectivity index (χ3n) is 4.27. The van der Waals surface area contributed by atoms with Crippen LogP contribution in [0.1, 0.15) is 34.2 Å². The van der Waals surface area contributed by atoms with Crippen molar-refractivity contribution in [1.82, 2.24) is 9.88 Å². The van der Waals surface area contributed by atoms with E-state index in [0.717, 1.165) is 25.9 Å². The number of carboxylic acids is 1. The lowest BCUT2D eigenvalue weighted by Crippen LogP contribution is -2.39. The zero-order chi connectivity index (χ0) is 15.5. The summed E-state index contributed by atoms with van der Waals surface area (Å²) in [5, 5.41) is 9.17. The Labute approximate surface area is 134 Å². The fraction of sp³-hybridized carbons (Fsp3) is 0.412. The molecule has 1 N–H and O–H groups in total. The van der Waals surface area contributed by atoms with Crippen LogP contribution in [0.15, 0.2) is 36.7 Å². The van der Waals surface area contributed by atoms with Gasteiger partial charge in [-0.05, 0) is 56.6 Å². The van der Waals surface area contributed by atoms with Gasteiger partial charge in [0.2, 0.25) is 0 Å². The van der Waals surface area contributed by atoms with E-state index in [9.17, 15) is 9.90 Å². The molecule has 1 fully saturated rings. The van der Waals surface area contributed by atoms with E-state index < -0.39 is 5.97 Å². The highest BCUT2D eigenvalue weighted by atomic mass is 32.1. The number of pyridine rings is 1. The van der Waals surface area contributed by atoms with Gasteiger partial charge in [0.05, 0.1) is 12.0 Å². The van der Waals surface area contributed by atoms with Gasteiger partial charge in [0.15, 0.2) is 0 Å². The van der Waals surface area contributed by atoms with Crippen LogP contribution in [-0.2, 0) is 4.79 Å². The number of aryl methyl sites for hydroxylation is 1. The van der Waals surface area contributed by atoms with Crippen LogP contribution in [-0.4, -0.2) is 34.0 Å². The number of carboxylic acid groups (broad SMARTS) is 1. The second-order valence-electron chi connectivity index (χ2n) is 5.79. The van der Waals surface area contributed by atoms with Gasteiger partial charge in [-0.1, -0.05) is 6.07 Å². The Balaban J connectivity index is 1.85. The zero-order valence-corrected chi connectivity index (χ0v) is 13.4. The Hall–Kier alpha value is -1.72. The largest absolute Gasteiger partial charge is 0.481 e. The smallest absolute Gasteiger partial charge is 0.306 e. The first-order valence-corrected chi connectivity index (χ1v) is 8.40. The molecule has 2 aromatic heterocycles. The second-order valence-corrected chi connectivity index (χ2v) is 7.11. The molecule has 0 radical (unpaired) electrons. The number of nitrogens with zero attached hydrogens (tertiary/aromatic N) is 2. The van der Waals surface area contributed by atoms with Gasteiger partial charge in [-0.25, -0.2) is 0 Å². The van der Waals surface area contributed by atoms with Crippen LogP contribution in [0.4, 0.5) is 0 Å². The molecule has 0 saturated carbocycles. The first-order chi connectivity index (χ1) is 10.6. The molecule has 4 nitrogen and oxygen atoms in total. The topological polar surface area (TPSA) is 53.4 Å². The highest BCUT2D eigenvalue weighted by molar-refractivity contribution is 7.12. The maximum atomic E-state index is 11.1. The number of piperidine rings is 1. The molecule has 22 heavy (non-hydrogen) atoms. The summed E-state index contributed by atoms with van der Waals surface area (Å²) >= 11 is 1.81. The summed E-state index contributed by atoms with van der Waals surface area (Å²) in [7, 11) is 0. The van der Waals surface area contributed by atoms with Crippen molar-refractivity contribution in [2.45, 2.75) is 25.8 Å². The molecule has 0 aliphatic carbocycles. The van der Waals surface area contributed by atoms with Crippen molar-refractivity contribution in [3.63, 3.8) is 0 Å². The molecule has 2 aromatic rings. The number of thiophene rings is 1. The van der Waals surface area contributed by atoms with Crippen molar-refractivity contribution in [2.24, 2.45) is 5.92 Å². The van der Waals surface area contributed by atoms with E-state index in [2.05, 4.69) is 35.0 Å². The van der Waals surface area contributed by atoms with Crippen LogP contribution >= 0.6 is 11.3 Å². The van der Waals surface area contributed by atoms with Gasteiger partial charge in [0.25, 0.3) is 0 Å². The molecule has 0 spiro atoms. The molecule has 1 aliphatic heterocycles. The lowest BCUT2D eigenvalue weighted by Gasteiger charge is -2.36. The quantitative estimate of drug-likeness (QED) is 0.940. The summed E-state index contributed by atoms with van der Waals surface area (Å²) in [6, 6.07) is 8.58. The van der Waals surface area contributed by atoms with Crippen LogP contribution in [0.2, 0.25) is 0 Å². The Kier molecular flexibility index (Phi) is 4.55. The summed E-state index contributed by atoms with van der Waals surface area (Å²) in [4.78, 5) is 20.4. The molecule has 1 saturated heterocycles. The van der Waals surface area contributed by atoms with Gasteiger partial charge < -0.3 is 5.11 Å². The first kappa shape index (κ1) is 15.2. The molecule has 1 unspecified atom stereocenters. The molecule has 0 amide bonds. The van der Waals surface area contributed by atoms with E-state index >= 15 is 0 Å². The van der Waals surface area contributed by atoms with Gasteiger partial charge in [-0.2, -0.15) is 0 Å². The Morgan fingerprint density at radius 1 is 1.36 bits per heavy atom. The Morgan fingerprint density at radius 3 is 2.68 bits per heavy atom. The van der Waals surface area contributed by atoms with Gasteiger partial charge >= 0.3 is 5.97 Å². The third kappa shape index (κ3) is 3.20. The Bertz CT molecular complexity index is 633. The van der Waals surface area contributed by atoms with Crippen molar-refractivity contribution in [3.8, 4) is 0 Å². The molecule has 1 aliphatic rings. The van der Waals surface area contributed by atoms with Gasteiger partial charge in [-0.15, -0.1) is 11.3 Å². The van der Waals surface area contributed by atoms with E-state index in [0.29, 0.717) is 0 Å². The average molecular weight is 316 g/mol. The fourth-order valence-electron chi connectivity index (χ4n) is 3.10. The number of hydrogen-bond acceptors (Lipinski definition) is 4. The molecule has 3 rings (SSSR count). The first-order valence-electron chi connectivity index (χ1n) is 7.58. The van der Waals surface area contributed by atoms with Crippen molar-refractivity contribution in [3.05, 3.63) is 52.0 Å². The van der Waals surface area contributed by atoms with Crippen LogP contribution in [0.25, 0.3) is 0 Å². The molecule has 0 aromatic carbocycles. The molecule has 1 atom stereocenters. The third-order valence-corrected chi connectivity index (χ3v) is 5.33. The van der Waals surface area contributed by atoms with E-state index in [1.54, 1.807) is 17.5 Å². The van der Waals surface area contributed by atoms with Crippen molar-refractivity contribution in [2.75, 3.05) is 13.1 Å². The minimum atomic E-state index is -0.662. The lowest BCUT2D eigenvalue weighted by atomic mass is 9.94. The summed E-state index contributed by atoms with van der Waals surface area (Å²) in [6.45, 7) is 3.74. The maximum Gasteiger partial charge on any atom is 0.306 e. The number of aliphatic carboxylic acids is 1. The van der Waals surface area contributed by atoms with E-state index in [1.165, 1.54) is 15.3 Å². The van der Waals surface area contributed by atoms with E-state index in [4.69, 9.17) is 0 Å². The van der Waals surface area contributed by atoms with Gasteiger partial charge in [0, 0.05) is 22.1 Å². The highest BCUT2D eigenvalue weighted by Crippen LogP contribution is 2.35. The number of carbonyl (C=O) groups is 1. The summed E-state index contributed by atoms with van der Waals surface area (Å²) in [5.41, 5.74) is 1.18. The van der Waals surface area contributed by atoms with Crippen molar-refractivity contribution >= 4 is 17.3 Å². The molecular weight excluding hydrogens is 296 g/mol. The summed E-state index contributed by atoms with van der Waals surface area (Å²) in [6.07, 6.45) is 5.15. The summed E-state index contributed by atoms with van der Waals surface area (Å²) < 4.78 is 0. The SMILES string of the molecule is Cc1ccc(C(c2cccnc2)N2CCC(C(=O)O)CC2)s1. The van der Waals surface area contributed by atoms with Crippen molar-refractivity contribution in [1.29, 1.82) is 0 Å². The molecular formula is C17H20N2O2S. The normalized spacial score (nSPS) is 18.2. The average Bonchev–Trinajstić information content (AvgIpc) is 2.95. The van der Waals surface area contributed by atoms with Crippen molar-refractivity contribution < 1.29 is 9.90 Å². The zero-order valence-electron chi connectivity index (χ0n) is 12.6. The molecule has 5 heteroatoms. The van der Waals surface area contributed by atoms with E-state index in [1.807, 2.05) is 12.3 Å². The summed E-state index contributed by atoms with van der Waals surface area (Å²) in [5.74, 6) is -0.861. The van der Waals surface area contributed by atoms with Gasteiger partial charge in [0.1, 0.15) is 0 Å². The second kappa shape index (κ2) is 6.58. The standard InChI is InChI=1S/C17H20N2O2S/c1-12-4-5-15(22-12)16(14-3-2-8-18-11-14)19-9-6-13(7-10-19)17(20)21/h2-5,8,11,13,16H,6-7,9-10H2,1H3,(H,20,21). The van der Waals surface area contributed by atoms with Crippen LogP contribution in [0, 0.1) is 12.8 Å². The Morgan fingerprint density at radius 2 is 2.14 bits per heavy atom. The monoisotopic (exact) mass is 316 g/mol. The minimum absolute atomic E-state index is 0.183. The lowest BCUT2D eigenvalue weighted by molar-refractivity contribution is -0.143.